The van der Waals surface area contributed by atoms with Crippen LogP contribution in [0.5, 0.6) is 5.75 Å². The molecule has 0 fully saturated rings. The van der Waals surface area contributed by atoms with E-state index < -0.39 is 5.82 Å². The molecule has 94 valence electrons. The van der Waals surface area contributed by atoms with E-state index >= 15 is 0 Å². The SMILES string of the molecule is COc1ccc(Nc2cc(N)nc(N)n2)cc1F. The average Bonchev–Trinajstić information content (AvgIpc) is 2.27. The fourth-order valence-corrected chi connectivity index (χ4v) is 1.44. The van der Waals surface area contributed by atoms with Gasteiger partial charge in [-0.05, 0) is 12.1 Å². The highest BCUT2D eigenvalue weighted by Crippen LogP contribution is 2.23. The second-order valence-electron chi connectivity index (χ2n) is 3.51. The Hall–Kier alpha value is -2.57. The zero-order chi connectivity index (χ0) is 13.1. The summed E-state index contributed by atoms with van der Waals surface area (Å²) in [6.45, 7) is 0. The van der Waals surface area contributed by atoms with Gasteiger partial charge in [0, 0.05) is 17.8 Å². The molecule has 2 aromatic rings. The van der Waals surface area contributed by atoms with E-state index in [2.05, 4.69) is 15.3 Å². The number of rotatable bonds is 3. The topological polar surface area (TPSA) is 99.1 Å². The number of nitrogens with zero attached hydrogens (tertiary/aromatic N) is 2. The second-order valence-corrected chi connectivity index (χ2v) is 3.51. The van der Waals surface area contributed by atoms with Gasteiger partial charge in [-0.3, -0.25) is 0 Å². The van der Waals surface area contributed by atoms with Crippen molar-refractivity contribution in [3.05, 3.63) is 30.1 Å². The van der Waals surface area contributed by atoms with Crippen molar-refractivity contribution in [2.75, 3.05) is 23.9 Å². The molecule has 0 aliphatic rings. The largest absolute Gasteiger partial charge is 0.494 e. The molecule has 6 nitrogen and oxygen atoms in total. The van der Waals surface area contributed by atoms with E-state index in [1.165, 1.54) is 25.3 Å². The molecule has 7 heteroatoms. The van der Waals surface area contributed by atoms with Crippen LogP contribution in [0.1, 0.15) is 0 Å². The Morgan fingerprint density at radius 1 is 1.22 bits per heavy atom. The van der Waals surface area contributed by atoms with Crippen molar-refractivity contribution in [2.45, 2.75) is 0 Å². The minimum atomic E-state index is -0.475. The van der Waals surface area contributed by atoms with E-state index in [4.69, 9.17) is 16.2 Å². The van der Waals surface area contributed by atoms with E-state index in [1.54, 1.807) is 6.07 Å². The highest BCUT2D eigenvalue weighted by molar-refractivity contribution is 5.60. The molecule has 0 spiro atoms. The summed E-state index contributed by atoms with van der Waals surface area (Å²) in [6.07, 6.45) is 0. The molecule has 0 bridgehead atoms. The molecule has 1 heterocycles. The number of hydrogen-bond donors (Lipinski definition) is 3. The molecule has 1 aromatic heterocycles. The Morgan fingerprint density at radius 3 is 2.61 bits per heavy atom. The molecule has 5 N–H and O–H groups in total. The summed E-state index contributed by atoms with van der Waals surface area (Å²) in [7, 11) is 1.40. The van der Waals surface area contributed by atoms with Gasteiger partial charge in [0.05, 0.1) is 7.11 Å². The van der Waals surface area contributed by atoms with Gasteiger partial charge in [-0.1, -0.05) is 0 Å². The third-order valence-corrected chi connectivity index (χ3v) is 2.19. The molecule has 0 aliphatic carbocycles. The van der Waals surface area contributed by atoms with Crippen LogP contribution in [0.3, 0.4) is 0 Å². The number of halogens is 1. The molecule has 0 aliphatic heterocycles. The van der Waals surface area contributed by atoms with E-state index in [9.17, 15) is 4.39 Å². The van der Waals surface area contributed by atoms with Gasteiger partial charge in [-0.25, -0.2) is 4.39 Å². The van der Waals surface area contributed by atoms with Crippen LogP contribution < -0.4 is 21.5 Å². The quantitative estimate of drug-likeness (QED) is 0.763. The van der Waals surface area contributed by atoms with Crippen LogP contribution in [0.4, 0.5) is 27.7 Å². The van der Waals surface area contributed by atoms with E-state index in [0.717, 1.165) is 0 Å². The van der Waals surface area contributed by atoms with Crippen molar-refractivity contribution in [1.29, 1.82) is 0 Å². The van der Waals surface area contributed by atoms with Crippen molar-refractivity contribution < 1.29 is 9.13 Å². The maximum absolute atomic E-state index is 13.5. The number of ether oxygens (including phenoxy) is 1. The summed E-state index contributed by atoms with van der Waals surface area (Å²) in [5.41, 5.74) is 11.5. The Bertz CT molecular complexity index is 555. The molecule has 0 saturated heterocycles. The lowest BCUT2D eigenvalue weighted by Crippen LogP contribution is -2.03. The third kappa shape index (κ3) is 2.57. The Labute approximate surface area is 103 Å². The van der Waals surface area contributed by atoms with Gasteiger partial charge >= 0.3 is 0 Å². The summed E-state index contributed by atoms with van der Waals surface area (Å²) < 4.78 is 18.3. The zero-order valence-electron chi connectivity index (χ0n) is 9.64. The maximum atomic E-state index is 13.5. The van der Waals surface area contributed by atoms with Gasteiger partial charge in [0.15, 0.2) is 11.6 Å². The van der Waals surface area contributed by atoms with Crippen molar-refractivity contribution in [3.8, 4) is 5.75 Å². The molecular weight excluding hydrogens is 237 g/mol. The van der Waals surface area contributed by atoms with Gasteiger partial charge in [0.25, 0.3) is 0 Å². The van der Waals surface area contributed by atoms with Crippen molar-refractivity contribution in [2.24, 2.45) is 0 Å². The van der Waals surface area contributed by atoms with Crippen molar-refractivity contribution in [3.63, 3.8) is 0 Å². The highest BCUT2D eigenvalue weighted by atomic mass is 19.1. The van der Waals surface area contributed by atoms with E-state index in [0.29, 0.717) is 11.5 Å². The normalized spacial score (nSPS) is 10.1. The first kappa shape index (κ1) is 11.9. The van der Waals surface area contributed by atoms with Crippen LogP contribution in [0.15, 0.2) is 24.3 Å². The predicted molar refractivity (Wildman–Crippen MR) is 67.1 cm³/mol. The van der Waals surface area contributed by atoms with Crippen LogP contribution in [-0.2, 0) is 0 Å². The van der Waals surface area contributed by atoms with Crippen LogP contribution in [0.2, 0.25) is 0 Å². The molecule has 0 unspecified atom stereocenters. The van der Waals surface area contributed by atoms with Crippen LogP contribution in [0.25, 0.3) is 0 Å². The molecule has 2 rings (SSSR count). The average molecular weight is 249 g/mol. The van der Waals surface area contributed by atoms with Gasteiger partial charge in [0.2, 0.25) is 5.95 Å². The number of nitrogen functional groups attached to an aromatic ring is 2. The van der Waals surface area contributed by atoms with E-state index in [1.807, 2.05) is 0 Å². The summed E-state index contributed by atoms with van der Waals surface area (Å²) in [5.74, 6) is 0.370. The molecule has 0 saturated carbocycles. The van der Waals surface area contributed by atoms with Crippen LogP contribution in [0, 0.1) is 5.82 Å². The smallest absolute Gasteiger partial charge is 0.223 e. The molecule has 0 atom stereocenters. The maximum Gasteiger partial charge on any atom is 0.223 e. The first-order valence-electron chi connectivity index (χ1n) is 5.09. The minimum Gasteiger partial charge on any atom is -0.494 e. The molecular formula is C11H12FN5O. The first-order valence-corrected chi connectivity index (χ1v) is 5.09. The highest BCUT2D eigenvalue weighted by Gasteiger charge is 2.05. The fourth-order valence-electron chi connectivity index (χ4n) is 1.44. The number of anilines is 4. The lowest BCUT2D eigenvalue weighted by atomic mass is 10.3. The minimum absolute atomic E-state index is 0.0477. The number of methoxy groups -OCH3 is 1. The Balaban J connectivity index is 2.25. The summed E-state index contributed by atoms with van der Waals surface area (Å²) in [5, 5.41) is 2.87. The van der Waals surface area contributed by atoms with Gasteiger partial charge < -0.3 is 21.5 Å². The first-order chi connectivity index (χ1) is 8.58. The molecule has 0 radical (unpaired) electrons. The molecule has 18 heavy (non-hydrogen) atoms. The number of hydrogen-bond acceptors (Lipinski definition) is 6. The van der Waals surface area contributed by atoms with Crippen molar-refractivity contribution in [1.82, 2.24) is 9.97 Å². The third-order valence-electron chi connectivity index (χ3n) is 2.19. The Kier molecular flexibility index (Phi) is 3.13. The summed E-state index contributed by atoms with van der Waals surface area (Å²) in [6, 6.07) is 5.94. The van der Waals surface area contributed by atoms with Gasteiger partial charge in [-0.15, -0.1) is 0 Å². The monoisotopic (exact) mass is 249 g/mol. The number of nitrogens with one attached hydrogen (secondary N) is 1. The summed E-state index contributed by atoms with van der Waals surface area (Å²) >= 11 is 0. The number of nitrogens with two attached hydrogens (primary N) is 2. The van der Waals surface area contributed by atoms with Crippen molar-refractivity contribution >= 4 is 23.3 Å². The van der Waals surface area contributed by atoms with Crippen LogP contribution in [-0.4, -0.2) is 17.1 Å². The summed E-state index contributed by atoms with van der Waals surface area (Å²) in [4.78, 5) is 7.65. The Morgan fingerprint density at radius 2 is 2.00 bits per heavy atom. The zero-order valence-corrected chi connectivity index (χ0v) is 9.64. The van der Waals surface area contributed by atoms with Gasteiger partial charge in [0.1, 0.15) is 11.6 Å². The van der Waals surface area contributed by atoms with Gasteiger partial charge in [-0.2, -0.15) is 9.97 Å². The fraction of sp³-hybridized carbons (Fsp3) is 0.0909. The lowest BCUT2D eigenvalue weighted by molar-refractivity contribution is 0.386. The lowest BCUT2D eigenvalue weighted by Gasteiger charge is -2.08. The number of aromatic nitrogens is 2. The molecule has 0 amide bonds. The standard InChI is InChI=1S/C11H12FN5O/c1-18-8-3-2-6(4-7(8)12)15-10-5-9(13)16-11(14)17-10/h2-5H,1H3,(H5,13,14,15,16,17). The van der Waals surface area contributed by atoms with E-state index in [-0.39, 0.29) is 17.5 Å². The molecule has 1 aromatic carbocycles. The predicted octanol–water partition coefficient (Wildman–Crippen LogP) is 1.53. The van der Waals surface area contributed by atoms with Crippen LogP contribution >= 0.6 is 0 Å². The number of benzene rings is 1. The second kappa shape index (κ2) is 4.74.